The molecule has 2 atom stereocenters. The van der Waals surface area contributed by atoms with Crippen molar-refractivity contribution in [2.24, 2.45) is 5.84 Å². The van der Waals surface area contributed by atoms with Gasteiger partial charge in [-0.05, 0) is 63.4 Å². The predicted molar refractivity (Wildman–Crippen MR) is 93.1 cm³/mol. The van der Waals surface area contributed by atoms with Crippen molar-refractivity contribution in [3.05, 3.63) is 34.3 Å². The summed E-state index contributed by atoms with van der Waals surface area (Å²) in [6, 6.07) is 8.79. The van der Waals surface area contributed by atoms with Crippen molar-refractivity contribution in [1.82, 2.24) is 10.3 Å². The van der Waals surface area contributed by atoms with Crippen molar-refractivity contribution in [3.8, 4) is 0 Å². The van der Waals surface area contributed by atoms with E-state index in [2.05, 4.69) is 64.4 Å². The van der Waals surface area contributed by atoms with Crippen LogP contribution < -0.4 is 11.3 Å². The number of piperidine rings is 1. The molecule has 2 unspecified atom stereocenters. The molecule has 0 bridgehead atoms. The molecule has 0 aromatic heterocycles. The molecule has 1 fully saturated rings. The Kier molecular flexibility index (Phi) is 6.23. The second-order valence-corrected chi connectivity index (χ2v) is 7.23. The molecule has 1 heterocycles. The molecule has 0 saturated carbocycles. The summed E-state index contributed by atoms with van der Waals surface area (Å²) in [4.78, 5) is 2.64. The van der Waals surface area contributed by atoms with Crippen molar-refractivity contribution in [2.45, 2.75) is 57.5 Å². The number of nitrogens with zero attached hydrogens (tertiary/aromatic N) is 1. The zero-order valence-electron chi connectivity index (χ0n) is 13.2. The second kappa shape index (κ2) is 7.73. The molecular weight excluding hydrogens is 326 g/mol. The minimum absolute atomic E-state index is 0.109. The van der Waals surface area contributed by atoms with Gasteiger partial charge < -0.3 is 0 Å². The third-order valence-electron chi connectivity index (χ3n) is 5.08. The van der Waals surface area contributed by atoms with Crippen LogP contribution in [0.1, 0.15) is 45.1 Å². The highest BCUT2D eigenvalue weighted by Gasteiger charge is 2.38. The Hall–Kier alpha value is -0.420. The Bertz CT molecular complexity index is 445. The quantitative estimate of drug-likeness (QED) is 0.607. The van der Waals surface area contributed by atoms with Gasteiger partial charge >= 0.3 is 0 Å². The zero-order chi connectivity index (χ0) is 15.3. The van der Waals surface area contributed by atoms with Crippen LogP contribution in [0.15, 0.2) is 28.7 Å². The van der Waals surface area contributed by atoms with Crippen molar-refractivity contribution < 1.29 is 0 Å². The lowest BCUT2D eigenvalue weighted by Crippen LogP contribution is -2.62. The van der Waals surface area contributed by atoms with E-state index < -0.39 is 0 Å². The van der Waals surface area contributed by atoms with Crippen LogP contribution in [0.4, 0.5) is 0 Å². The van der Waals surface area contributed by atoms with Crippen LogP contribution in [-0.4, -0.2) is 29.6 Å². The maximum Gasteiger partial charge on any atom is 0.0432 e. The fraction of sp³-hybridized carbons (Fsp3) is 0.647. The Morgan fingerprint density at radius 3 is 2.62 bits per heavy atom. The Morgan fingerprint density at radius 1 is 1.33 bits per heavy atom. The first kappa shape index (κ1) is 16.9. The summed E-state index contributed by atoms with van der Waals surface area (Å²) in [7, 11) is 0. The van der Waals surface area contributed by atoms with E-state index >= 15 is 0 Å². The van der Waals surface area contributed by atoms with E-state index in [-0.39, 0.29) is 11.6 Å². The molecule has 0 amide bonds. The second-order valence-electron chi connectivity index (χ2n) is 6.31. The molecule has 1 saturated heterocycles. The minimum atomic E-state index is 0.109. The van der Waals surface area contributed by atoms with Crippen LogP contribution in [0, 0.1) is 0 Å². The van der Waals surface area contributed by atoms with E-state index in [1.807, 2.05) is 0 Å². The molecule has 1 aliphatic heterocycles. The van der Waals surface area contributed by atoms with Gasteiger partial charge in [0.15, 0.2) is 0 Å². The molecule has 0 spiro atoms. The monoisotopic (exact) mass is 353 g/mol. The number of hydrogen-bond donors (Lipinski definition) is 2. The van der Waals surface area contributed by atoms with Crippen LogP contribution in [0.5, 0.6) is 0 Å². The topological polar surface area (TPSA) is 41.3 Å². The largest absolute Gasteiger partial charge is 0.296 e. The molecule has 1 aromatic rings. The number of rotatable bonds is 6. The van der Waals surface area contributed by atoms with E-state index in [0.29, 0.717) is 0 Å². The molecule has 3 nitrogen and oxygen atoms in total. The van der Waals surface area contributed by atoms with Crippen LogP contribution in [0.2, 0.25) is 0 Å². The lowest BCUT2D eigenvalue weighted by atomic mass is 9.82. The summed E-state index contributed by atoms with van der Waals surface area (Å²) >= 11 is 3.56. The van der Waals surface area contributed by atoms with Crippen LogP contribution in [0.25, 0.3) is 0 Å². The third-order valence-corrected chi connectivity index (χ3v) is 5.57. The first-order valence-electron chi connectivity index (χ1n) is 8.05. The summed E-state index contributed by atoms with van der Waals surface area (Å²) in [6.07, 6.45) is 6.04. The highest BCUT2D eigenvalue weighted by atomic mass is 79.9. The molecule has 1 aliphatic rings. The fourth-order valence-corrected chi connectivity index (χ4v) is 3.90. The molecule has 2 rings (SSSR count). The lowest BCUT2D eigenvalue weighted by molar-refractivity contribution is 0.0429. The van der Waals surface area contributed by atoms with E-state index in [9.17, 15) is 0 Å². The van der Waals surface area contributed by atoms with Gasteiger partial charge in [0.1, 0.15) is 0 Å². The van der Waals surface area contributed by atoms with Crippen molar-refractivity contribution in [3.63, 3.8) is 0 Å². The predicted octanol–water partition coefficient (Wildman–Crippen LogP) is 3.48. The maximum atomic E-state index is 5.94. The van der Waals surface area contributed by atoms with Gasteiger partial charge in [0, 0.05) is 16.1 Å². The van der Waals surface area contributed by atoms with Gasteiger partial charge in [-0.2, -0.15) is 0 Å². The van der Waals surface area contributed by atoms with Crippen molar-refractivity contribution in [2.75, 3.05) is 13.1 Å². The average molecular weight is 354 g/mol. The number of halogens is 1. The van der Waals surface area contributed by atoms with Crippen molar-refractivity contribution in [1.29, 1.82) is 0 Å². The van der Waals surface area contributed by atoms with Gasteiger partial charge in [-0.25, -0.2) is 0 Å². The Morgan fingerprint density at radius 2 is 2.05 bits per heavy atom. The van der Waals surface area contributed by atoms with Gasteiger partial charge in [-0.3, -0.25) is 16.2 Å². The first-order valence-corrected chi connectivity index (χ1v) is 8.85. The molecule has 3 N–H and O–H groups in total. The van der Waals surface area contributed by atoms with Gasteiger partial charge in [-0.15, -0.1) is 0 Å². The third kappa shape index (κ3) is 4.07. The van der Waals surface area contributed by atoms with Gasteiger partial charge in [0.2, 0.25) is 0 Å². The number of nitrogens with one attached hydrogen (secondary N) is 1. The highest BCUT2D eigenvalue weighted by molar-refractivity contribution is 9.10. The fourth-order valence-electron chi connectivity index (χ4n) is 3.45. The van der Waals surface area contributed by atoms with E-state index in [1.54, 1.807) is 0 Å². The van der Waals surface area contributed by atoms with Crippen LogP contribution in [0.3, 0.4) is 0 Å². The summed E-state index contributed by atoms with van der Waals surface area (Å²) in [6.45, 7) is 7.03. The Labute approximate surface area is 137 Å². The number of nitrogens with two attached hydrogens (primary N) is 1. The molecule has 21 heavy (non-hydrogen) atoms. The van der Waals surface area contributed by atoms with Gasteiger partial charge in [-0.1, -0.05) is 41.4 Å². The van der Waals surface area contributed by atoms with E-state index in [4.69, 9.17) is 5.84 Å². The molecule has 4 heteroatoms. The van der Waals surface area contributed by atoms with E-state index in [1.165, 1.54) is 37.9 Å². The van der Waals surface area contributed by atoms with Crippen LogP contribution in [-0.2, 0) is 6.42 Å². The van der Waals surface area contributed by atoms with Gasteiger partial charge in [0.25, 0.3) is 0 Å². The average Bonchev–Trinajstić information content (AvgIpc) is 2.53. The zero-order valence-corrected chi connectivity index (χ0v) is 14.8. The van der Waals surface area contributed by atoms with Gasteiger partial charge in [0.05, 0.1) is 0 Å². The molecule has 118 valence electrons. The Balaban J connectivity index is 2.16. The highest BCUT2D eigenvalue weighted by Crippen LogP contribution is 2.29. The summed E-state index contributed by atoms with van der Waals surface area (Å²) in [5.74, 6) is 5.94. The number of likely N-dealkylation sites (tertiary alicyclic amines) is 1. The first-order chi connectivity index (χ1) is 10.1. The maximum absolute atomic E-state index is 5.94. The lowest BCUT2D eigenvalue weighted by Gasteiger charge is -2.48. The summed E-state index contributed by atoms with van der Waals surface area (Å²) in [5, 5.41) is 0. The normalized spacial score (nSPS) is 21.0. The van der Waals surface area contributed by atoms with Crippen molar-refractivity contribution >= 4 is 15.9 Å². The smallest absolute Gasteiger partial charge is 0.0432 e. The standard InChI is InChI=1S/C17H28BrN3/c1-3-17(2,21-10-5-4-6-11-21)16(20-19)13-14-8-7-9-15(18)12-14/h7-9,12,16,20H,3-6,10-11,13,19H2,1-2H3. The van der Waals surface area contributed by atoms with E-state index in [0.717, 1.165) is 17.3 Å². The SMILES string of the molecule is CCC(C)(C(Cc1cccc(Br)c1)NN)N1CCCCC1. The summed E-state index contributed by atoms with van der Waals surface area (Å²) < 4.78 is 1.13. The number of hydrazine groups is 1. The summed E-state index contributed by atoms with van der Waals surface area (Å²) in [5.41, 5.74) is 4.53. The number of hydrogen-bond acceptors (Lipinski definition) is 3. The molecular formula is C17H28BrN3. The molecule has 0 radical (unpaired) electrons. The minimum Gasteiger partial charge on any atom is -0.296 e. The molecule has 1 aromatic carbocycles. The van der Waals surface area contributed by atoms with Crippen LogP contribution >= 0.6 is 15.9 Å². The molecule has 0 aliphatic carbocycles. The number of benzene rings is 1.